The molecule has 2 aliphatic rings. The molecule has 2 N–H and O–H groups in total. The molecule has 0 amide bonds. The quantitative estimate of drug-likeness (QED) is 0.647. The molecule has 0 aromatic heterocycles. The van der Waals surface area contributed by atoms with Crippen LogP contribution >= 0.6 is 12.2 Å². The van der Waals surface area contributed by atoms with Crippen molar-refractivity contribution in [1.29, 1.82) is 0 Å². The van der Waals surface area contributed by atoms with Crippen LogP contribution in [0.1, 0.15) is 24.0 Å². The second-order valence-electron chi connectivity index (χ2n) is 5.89. The number of thiocarbonyl (C=S) groups is 1. The molecular formula is C17H24N4OS. The second kappa shape index (κ2) is 8.38. The maximum absolute atomic E-state index is 5.34. The summed E-state index contributed by atoms with van der Waals surface area (Å²) in [6, 6.07) is 8.48. The molecule has 0 atom stereocenters. The highest BCUT2D eigenvalue weighted by atomic mass is 32.1. The molecule has 1 fully saturated rings. The molecule has 0 saturated carbocycles. The van der Waals surface area contributed by atoms with Gasteiger partial charge in [-0.25, -0.2) is 0 Å². The Morgan fingerprint density at radius 3 is 2.91 bits per heavy atom. The van der Waals surface area contributed by atoms with Gasteiger partial charge in [0.15, 0.2) is 5.11 Å². The predicted octanol–water partition coefficient (Wildman–Crippen LogP) is 1.52. The number of morpholine rings is 1. The zero-order valence-electron chi connectivity index (χ0n) is 13.4. The molecule has 0 spiro atoms. The first-order chi connectivity index (χ1) is 11.3. The Hall–Kier alpha value is -1.50. The van der Waals surface area contributed by atoms with Crippen LogP contribution in [0.25, 0.3) is 0 Å². The summed E-state index contributed by atoms with van der Waals surface area (Å²) < 4.78 is 5.34. The van der Waals surface area contributed by atoms with Crippen LogP contribution in [0.3, 0.4) is 0 Å². The van der Waals surface area contributed by atoms with E-state index in [0.29, 0.717) is 5.11 Å². The van der Waals surface area contributed by atoms with E-state index in [9.17, 15) is 0 Å². The SMILES string of the molecule is S=C(NCCN1CCOCC1)N/N=C1\CCCc2ccccc21. The monoisotopic (exact) mass is 332 g/mol. The van der Waals surface area contributed by atoms with Gasteiger partial charge in [0.05, 0.1) is 18.9 Å². The summed E-state index contributed by atoms with van der Waals surface area (Å²) in [5.74, 6) is 0. The number of aryl methyl sites for hydroxylation is 1. The van der Waals surface area contributed by atoms with Crippen molar-refractivity contribution in [3.63, 3.8) is 0 Å². The number of nitrogens with one attached hydrogen (secondary N) is 2. The summed E-state index contributed by atoms with van der Waals surface area (Å²) in [5, 5.41) is 8.33. The van der Waals surface area contributed by atoms with Gasteiger partial charge in [-0.3, -0.25) is 10.3 Å². The number of hydrogen-bond acceptors (Lipinski definition) is 4. The van der Waals surface area contributed by atoms with Crippen molar-refractivity contribution in [3.8, 4) is 0 Å². The van der Waals surface area contributed by atoms with Gasteiger partial charge in [0.25, 0.3) is 0 Å². The molecular weight excluding hydrogens is 308 g/mol. The number of rotatable bonds is 4. The van der Waals surface area contributed by atoms with Gasteiger partial charge in [-0.2, -0.15) is 5.10 Å². The molecule has 5 nitrogen and oxygen atoms in total. The number of hydrazone groups is 1. The van der Waals surface area contributed by atoms with Gasteiger partial charge in [-0.1, -0.05) is 24.3 Å². The summed E-state index contributed by atoms with van der Waals surface area (Å²) in [7, 11) is 0. The van der Waals surface area contributed by atoms with Crippen molar-refractivity contribution in [2.24, 2.45) is 5.10 Å². The maximum Gasteiger partial charge on any atom is 0.187 e. The lowest BCUT2D eigenvalue weighted by atomic mass is 9.90. The highest BCUT2D eigenvalue weighted by Gasteiger charge is 2.14. The van der Waals surface area contributed by atoms with Crippen molar-refractivity contribution in [1.82, 2.24) is 15.6 Å². The van der Waals surface area contributed by atoms with Gasteiger partial charge in [-0.05, 0) is 37.0 Å². The third-order valence-corrected chi connectivity index (χ3v) is 4.53. The van der Waals surface area contributed by atoms with E-state index in [4.69, 9.17) is 17.0 Å². The van der Waals surface area contributed by atoms with Gasteiger partial charge >= 0.3 is 0 Å². The van der Waals surface area contributed by atoms with E-state index >= 15 is 0 Å². The molecule has 124 valence electrons. The Bertz CT molecular complexity index is 569. The van der Waals surface area contributed by atoms with E-state index in [2.05, 4.69) is 45.0 Å². The topological polar surface area (TPSA) is 48.9 Å². The zero-order valence-corrected chi connectivity index (χ0v) is 14.2. The van der Waals surface area contributed by atoms with Crippen molar-refractivity contribution >= 4 is 23.0 Å². The third-order valence-electron chi connectivity index (χ3n) is 4.30. The molecule has 6 heteroatoms. The largest absolute Gasteiger partial charge is 0.379 e. The molecule has 0 unspecified atom stereocenters. The summed E-state index contributed by atoms with van der Waals surface area (Å²) in [6.07, 6.45) is 3.28. The molecule has 1 aliphatic carbocycles. The van der Waals surface area contributed by atoms with Crippen molar-refractivity contribution in [3.05, 3.63) is 35.4 Å². The zero-order chi connectivity index (χ0) is 15.9. The minimum Gasteiger partial charge on any atom is -0.379 e. The first-order valence-corrected chi connectivity index (χ1v) is 8.72. The summed E-state index contributed by atoms with van der Waals surface area (Å²) in [4.78, 5) is 2.38. The first kappa shape index (κ1) is 16.4. The molecule has 23 heavy (non-hydrogen) atoms. The van der Waals surface area contributed by atoms with Gasteiger partial charge in [0.2, 0.25) is 0 Å². The van der Waals surface area contributed by atoms with Crippen LogP contribution in [0.5, 0.6) is 0 Å². The van der Waals surface area contributed by atoms with Gasteiger partial charge < -0.3 is 10.1 Å². The van der Waals surface area contributed by atoms with Gasteiger partial charge in [-0.15, -0.1) is 0 Å². The molecule has 0 radical (unpaired) electrons. The average molecular weight is 332 g/mol. The Balaban J connectivity index is 1.45. The second-order valence-corrected chi connectivity index (χ2v) is 6.30. The molecule has 0 bridgehead atoms. The fraction of sp³-hybridized carbons (Fsp3) is 0.529. The summed E-state index contributed by atoms with van der Waals surface area (Å²) >= 11 is 5.32. The lowest BCUT2D eigenvalue weighted by Gasteiger charge is -2.26. The van der Waals surface area contributed by atoms with Crippen molar-refractivity contribution in [2.45, 2.75) is 19.3 Å². The van der Waals surface area contributed by atoms with Crippen LogP contribution in [0.4, 0.5) is 0 Å². The minimum absolute atomic E-state index is 0.591. The minimum atomic E-state index is 0.591. The van der Waals surface area contributed by atoms with E-state index in [0.717, 1.165) is 64.4 Å². The van der Waals surface area contributed by atoms with Crippen LogP contribution in [0.15, 0.2) is 29.4 Å². The smallest absolute Gasteiger partial charge is 0.187 e. The molecule has 3 rings (SSSR count). The average Bonchev–Trinajstić information content (AvgIpc) is 2.61. The van der Waals surface area contributed by atoms with Crippen LogP contribution in [-0.4, -0.2) is 55.1 Å². The van der Waals surface area contributed by atoms with Gasteiger partial charge in [0, 0.05) is 31.7 Å². The lowest BCUT2D eigenvalue weighted by molar-refractivity contribution is 0.0389. The van der Waals surface area contributed by atoms with Crippen molar-refractivity contribution in [2.75, 3.05) is 39.4 Å². The number of nitrogens with zero attached hydrogens (tertiary/aromatic N) is 2. The van der Waals surface area contributed by atoms with E-state index in [1.165, 1.54) is 11.1 Å². The summed E-state index contributed by atoms with van der Waals surface area (Å²) in [6.45, 7) is 5.46. The Morgan fingerprint density at radius 2 is 2.04 bits per heavy atom. The number of ether oxygens (including phenoxy) is 1. The fourth-order valence-corrected chi connectivity index (χ4v) is 3.17. The summed E-state index contributed by atoms with van der Waals surface area (Å²) in [5.41, 5.74) is 6.73. The first-order valence-electron chi connectivity index (χ1n) is 8.32. The van der Waals surface area contributed by atoms with Crippen LogP contribution in [0.2, 0.25) is 0 Å². The van der Waals surface area contributed by atoms with Crippen molar-refractivity contribution < 1.29 is 4.74 Å². The third kappa shape index (κ3) is 4.73. The van der Waals surface area contributed by atoms with E-state index in [1.807, 2.05) is 0 Å². The Morgan fingerprint density at radius 1 is 1.22 bits per heavy atom. The molecule has 1 saturated heterocycles. The van der Waals surface area contributed by atoms with E-state index in [-0.39, 0.29) is 0 Å². The molecule has 1 heterocycles. The lowest BCUT2D eigenvalue weighted by Crippen LogP contribution is -2.43. The fourth-order valence-electron chi connectivity index (χ4n) is 3.03. The van der Waals surface area contributed by atoms with Crippen LogP contribution in [-0.2, 0) is 11.2 Å². The molecule has 1 aromatic carbocycles. The number of fused-ring (bicyclic) bond motifs is 1. The van der Waals surface area contributed by atoms with Crippen LogP contribution in [0, 0.1) is 0 Å². The number of benzene rings is 1. The van der Waals surface area contributed by atoms with E-state index in [1.54, 1.807) is 0 Å². The highest BCUT2D eigenvalue weighted by Crippen LogP contribution is 2.20. The maximum atomic E-state index is 5.34. The highest BCUT2D eigenvalue weighted by molar-refractivity contribution is 7.80. The standard InChI is InChI=1S/C17H24N4OS/c23-17(18-8-9-21-10-12-22-13-11-21)20-19-16-7-3-5-14-4-1-2-6-15(14)16/h1-2,4,6H,3,5,7-13H2,(H2,18,20,23)/b19-16+. The Kier molecular flexibility index (Phi) is 5.96. The number of hydrogen-bond donors (Lipinski definition) is 2. The van der Waals surface area contributed by atoms with Crippen LogP contribution < -0.4 is 10.7 Å². The Labute approximate surface area is 143 Å². The molecule has 1 aliphatic heterocycles. The predicted molar refractivity (Wildman–Crippen MR) is 96.9 cm³/mol. The normalized spacial score (nSPS) is 20.1. The molecule has 1 aromatic rings. The van der Waals surface area contributed by atoms with E-state index < -0.39 is 0 Å². The van der Waals surface area contributed by atoms with Gasteiger partial charge in [0.1, 0.15) is 0 Å².